The molecular weight excluding hydrogens is 438 g/mol. The lowest BCUT2D eigenvalue weighted by Gasteiger charge is -2.56. The average molecular weight is 470 g/mol. The van der Waals surface area contributed by atoms with Gasteiger partial charge < -0.3 is 29.7 Å². The summed E-state index contributed by atoms with van der Waals surface area (Å²) in [6.45, 7) is 9.30. The summed E-state index contributed by atoms with van der Waals surface area (Å²) in [5.74, 6) is 0.575. The van der Waals surface area contributed by atoms with Crippen molar-refractivity contribution in [1.82, 2.24) is 10.2 Å². The van der Waals surface area contributed by atoms with Gasteiger partial charge in [-0.3, -0.25) is 4.79 Å². The SMILES string of the molecule is CCOc1cccc2c1O[C@@]1(C)[C@@H](C(=O)Nc3ccc(C)cc3C)[C@H]2NC(=S)N1CCOC. The summed E-state index contributed by atoms with van der Waals surface area (Å²) in [6.07, 6.45) is 0. The minimum Gasteiger partial charge on any atom is -0.490 e. The van der Waals surface area contributed by atoms with E-state index in [-0.39, 0.29) is 11.9 Å². The van der Waals surface area contributed by atoms with E-state index in [1.807, 2.05) is 62.9 Å². The van der Waals surface area contributed by atoms with Crippen molar-refractivity contribution in [3.05, 3.63) is 53.1 Å². The van der Waals surface area contributed by atoms with Crippen molar-refractivity contribution in [3.8, 4) is 11.5 Å². The molecule has 1 amide bonds. The molecule has 176 valence electrons. The van der Waals surface area contributed by atoms with E-state index in [1.54, 1.807) is 7.11 Å². The number of rotatable bonds is 7. The molecular formula is C25H31N3O4S. The highest BCUT2D eigenvalue weighted by atomic mass is 32.1. The Morgan fingerprint density at radius 1 is 1.30 bits per heavy atom. The number of anilines is 1. The van der Waals surface area contributed by atoms with Gasteiger partial charge in [-0.25, -0.2) is 0 Å². The fraction of sp³-hybridized carbons (Fsp3) is 0.440. The van der Waals surface area contributed by atoms with Crippen LogP contribution >= 0.6 is 12.2 Å². The van der Waals surface area contributed by atoms with Crippen LogP contribution in [0.15, 0.2) is 36.4 Å². The van der Waals surface area contributed by atoms with Crippen LogP contribution in [0.2, 0.25) is 0 Å². The van der Waals surface area contributed by atoms with Crippen LogP contribution in [0.3, 0.4) is 0 Å². The minimum atomic E-state index is -1.03. The highest BCUT2D eigenvalue weighted by molar-refractivity contribution is 7.80. The van der Waals surface area contributed by atoms with Crippen molar-refractivity contribution in [1.29, 1.82) is 0 Å². The zero-order chi connectivity index (χ0) is 23.8. The first-order chi connectivity index (χ1) is 15.8. The number of hydrogen-bond donors (Lipinski definition) is 2. The number of carbonyl (C=O) groups excluding carboxylic acids is 1. The number of carbonyl (C=O) groups is 1. The summed E-state index contributed by atoms with van der Waals surface area (Å²) in [5.41, 5.74) is 2.76. The van der Waals surface area contributed by atoms with Crippen molar-refractivity contribution in [2.45, 2.75) is 39.5 Å². The van der Waals surface area contributed by atoms with Crippen LogP contribution in [0.5, 0.6) is 11.5 Å². The summed E-state index contributed by atoms with van der Waals surface area (Å²) >= 11 is 5.70. The lowest BCUT2D eigenvalue weighted by Crippen LogP contribution is -2.72. The van der Waals surface area contributed by atoms with Crippen LogP contribution in [0, 0.1) is 19.8 Å². The molecule has 0 saturated carbocycles. The predicted molar refractivity (Wildman–Crippen MR) is 132 cm³/mol. The first kappa shape index (κ1) is 23.3. The molecule has 1 saturated heterocycles. The van der Waals surface area contributed by atoms with E-state index in [2.05, 4.69) is 16.7 Å². The summed E-state index contributed by atoms with van der Waals surface area (Å²) in [5, 5.41) is 7.07. The molecule has 3 atom stereocenters. The summed E-state index contributed by atoms with van der Waals surface area (Å²) in [6, 6.07) is 11.4. The van der Waals surface area contributed by atoms with Gasteiger partial charge in [0.2, 0.25) is 5.91 Å². The Morgan fingerprint density at radius 3 is 2.79 bits per heavy atom. The Labute approximate surface area is 200 Å². The number of ether oxygens (including phenoxy) is 3. The van der Waals surface area contributed by atoms with Gasteiger partial charge in [0.15, 0.2) is 22.3 Å². The number of para-hydroxylation sites is 1. The van der Waals surface area contributed by atoms with Gasteiger partial charge >= 0.3 is 0 Å². The molecule has 7 nitrogen and oxygen atoms in total. The summed E-state index contributed by atoms with van der Waals surface area (Å²) < 4.78 is 17.8. The quantitative estimate of drug-likeness (QED) is 0.595. The Bertz CT molecular complexity index is 1080. The van der Waals surface area contributed by atoms with Crippen LogP contribution in [0.25, 0.3) is 0 Å². The van der Waals surface area contributed by atoms with Crippen molar-refractivity contribution in [3.63, 3.8) is 0 Å². The number of aryl methyl sites for hydroxylation is 2. The van der Waals surface area contributed by atoms with Gasteiger partial charge in [-0.1, -0.05) is 29.8 Å². The summed E-state index contributed by atoms with van der Waals surface area (Å²) in [4.78, 5) is 15.7. The molecule has 2 bridgehead atoms. The lowest BCUT2D eigenvalue weighted by molar-refractivity contribution is -0.150. The molecule has 2 aromatic rings. The number of amides is 1. The molecule has 2 aliphatic rings. The maximum absolute atomic E-state index is 13.8. The Kier molecular flexibility index (Phi) is 6.50. The third-order valence-electron chi connectivity index (χ3n) is 6.36. The van der Waals surface area contributed by atoms with Gasteiger partial charge in [0.05, 0.1) is 19.3 Å². The Morgan fingerprint density at radius 2 is 2.09 bits per heavy atom. The second-order valence-electron chi connectivity index (χ2n) is 8.62. The smallest absolute Gasteiger partial charge is 0.236 e. The first-order valence-corrected chi connectivity index (χ1v) is 11.6. The minimum absolute atomic E-state index is 0.140. The van der Waals surface area contributed by atoms with Crippen LogP contribution in [-0.2, 0) is 9.53 Å². The Hall–Kier alpha value is -2.84. The lowest BCUT2D eigenvalue weighted by atomic mass is 9.78. The highest BCUT2D eigenvalue weighted by Crippen LogP contribution is 2.51. The van der Waals surface area contributed by atoms with Gasteiger partial charge in [0.1, 0.15) is 5.92 Å². The van der Waals surface area contributed by atoms with E-state index < -0.39 is 11.6 Å². The normalized spacial score (nSPS) is 23.3. The average Bonchev–Trinajstić information content (AvgIpc) is 2.76. The van der Waals surface area contributed by atoms with Crippen LogP contribution < -0.4 is 20.1 Å². The van der Waals surface area contributed by atoms with Gasteiger partial charge in [-0.15, -0.1) is 0 Å². The number of fused-ring (bicyclic) bond motifs is 4. The van der Waals surface area contributed by atoms with E-state index in [0.717, 1.165) is 22.4 Å². The predicted octanol–water partition coefficient (Wildman–Crippen LogP) is 3.94. The zero-order valence-corrected chi connectivity index (χ0v) is 20.5. The van der Waals surface area contributed by atoms with E-state index >= 15 is 0 Å². The molecule has 0 radical (unpaired) electrons. The fourth-order valence-electron chi connectivity index (χ4n) is 4.78. The molecule has 2 N–H and O–H groups in total. The Balaban J connectivity index is 1.78. The van der Waals surface area contributed by atoms with Crippen molar-refractivity contribution in [2.24, 2.45) is 5.92 Å². The van der Waals surface area contributed by atoms with E-state index in [0.29, 0.717) is 36.4 Å². The van der Waals surface area contributed by atoms with Gasteiger partial charge in [0, 0.05) is 24.9 Å². The second kappa shape index (κ2) is 9.19. The fourth-order valence-corrected chi connectivity index (χ4v) is 5.18. The number of methoxy groups -OCH3 is 1. The molecule has 0 aromatic heterocycles. The molecule has 8 heteroatoms. The molecule has 0 aliphatic carbocycles. The topological polar surface area (TPSA) is 72.1 Å². The third-order valence-corrected chi connectivity index (χ3v) is 6.70. The number of benzene rings is 2. The van der Waals surface area contributed by atoms with Crippen molar-refractivity contribution in [2.75, 3.05) is 32.2 Å². The number of thiocarbonyl (C=S) groups is 1. The van der Waals surface area contributed by atoms with Gasteiger partial charge in [-0.2, -0.15) is 0 Å². The molecule has 0 spiro atoms. The number of nitrogens with one attached hydrogen (secondary N) is 2. The standard InChI is InChI=1S/C25H31N3O4S/c1-6-31-19-9-7-8-17-21-20(23(29)26-18-11-10-15(2)14-16(18)3)25(4,32-22(17)19)28(12-13-30-5)24(33)27-21/h7-11,14,20-21H,6,12-13H2,1-5H3,(H,26,29)(H,27,33)/t20-,21+,25+/m1/s1. The maximum Gasteiger partial charge on any atom is 0.236 e. The molecule has 33 heavy (non-hydrogen) atoms. The zero-order valence-electron chi connectivity index (χ0n) is 19.7. The van der Waals surface area contributed by atoms with Gasteiger partial charge in [-0.05, 0) is 57.6 Å². The van der Waals surface area contributed by atoms with Crippen molar-refractivity contribution >= 4 is 28.9 Å². The molecule has 4 rings (SSSR count). The van der Waals surface area contributed by atoms with Crippen LogP contribution in [0.4, 0.5) is 5.69 Å². The number of nitrogens with zero attached hydrogens (tertiary/aromatic N) is 1. The molecule has 2 aliphatic heterocycles. The largest absolute Gasteiger partial charge is 0.490 e. The second-order valence-corrected chi connectivity index (χ2v) is 9.01. The van der Waals surface area contributed by atoms with E-state index in [1.165, 1.54) is 0 Å². The highest BCUT2D eigenvalue weighted by Gasteiger charge is 2.59. The first-order valence-electron chi connectivity index (χ1n) is 11.2. The van der Waals surface area contributed by atoms with Crippen molar-refractivity contribution < 1.29 is 19.0 Å². The van der Waals surface area contributed by atoms with Gasteiger partial charge in [0.25, 0.3) is 0 Å². The molecule has 1 fully saturated rings. The van der Waals surface area contributed by atoms with Crippen LogP contribution in [0.1, 0.15) is 36.6 Å². The number of hydrogen-bond acceptors (Lipinski definition) is 5. The maximum atomic E-state index is 13.8. The molecule has 2 aromatic carbocycles. The molecule has 0 unspecified atom stereocenters. The summed E-state index contributed by atoms with van der Waals surface area (Å²) in [7, 11) is 1.64. The van der Waals surface area contributed by atoms with E-state index in [4.69, 9.17) is 26.4 Å². The third kappa shape index (κ3) is 4.13. The molecule has 2 heterocycles. The van der Waals surface area contributed by atoms with E-state index in [9.17, 15) is 4.79 Å². The monoisotopic (exact) mass is 469 g/mol. The van der Waals surface area contributed by atoms with Crippen LogP contribution in [-0.4, -0.2) is 48.5 Å².